The summed E-state index contributed by atoms with van der Waals surface area (Å²) < 4.78 is 5.14. The molecule has 0 saturated heterocycles. The van der Waals surface area contributed by atoms with E-state index >= 15 is 0 Å². The van der Waals surface area contributed by atoms with Crippen molar-refractivity contribution in [3.05, 3.63) is 60.2 Å². The third kappa shape index (κ3) is 5.42. The fourth-order valence-corrected chi connectivity index (χ4v) is 2.31. The van der Waals surface area contributed by atoms with Crippen LogP contribution in [-0.2, 0) is 11.2 Å². The molecule has 0 aliphatic carbocycles. The molecule has 122 valence electrons. The molecule has 1 amide bonds. The van der Waals surface area contributed by atoms with E-state index in [4.69, 9.17) is 4.74 Å². The van der Waals surface area contributed by atoms with Crippen LogP contribution in [0.5, 0.6) is 5.75 Å². The maximum absolute atomic E-state index is 12.1. The van der Waals surface area contributed by atoms with Crippen LogP contribution in [0.1, 0.15) is 12.0 Å². The van der Waals surface area contributed by atoms with Crippen molar-refractivity contribution in [1.29, 1.82) is 0 Å². The van der Waals surface area contributed by atoms with Crippen LogP contribution in [-0.4, -0.2) is 33.2 Å². The topological polar surface area (TPSA) is 41.6 Å². The van der Waals surface area contributed by atoms with Crippen molar-refractivity contribution < 1.29 is 9.53 Å². The Hall–Kier alpha value is -2.33. The second kappa shape index (κ2) is 8.96. The van der Waals surface area contributed by atoms with Gasteiger partial charge < -0.3 is 15.0 Å². The minimum atomic E-state index is 0.119. The van der Waals surface area contributed by atoms with Gasteiger partial charge in [0.25, 0.3) is 0 Å². The van der Waals surface area contributed by atoms with Gasteiger partial charge in [-0.25, -0.2) is 0 Å². The molecule has 0 saturated carbocycles. The second-order valence-electron chi connectivity index (χ2n) is 5.39. The standard InChI is InChI=1S/C19H24N2O2/c1-21(17-6-4-3-5-7-17)19(22)13-15-20-14-12-16-8-10-18(23-2)11-9-16/h3-11,20H,12-15H2,1-2H3. The molecule has 4 heteroatoms. The summed E-state index contributed by atoms with van der Waals surface area (Å²) >= 11 is 0. The van der Waals surface area contributed by atoms with Crippen molar-refractivity contribution in [2.24, 2.45) is 0 Å². The molecule has 2 rings (SSSR count). The van der Waals surface area contributed by atoms with Crippen LogP contribution in [0.3, 0.4) is 0 Å². The number of rotatable bonds is 8. The Kier molecular flexibility index (Phi) is 6.63. The van der Waals surface area contributed by atoms with Gasteiger partial charge in [-0.05, 0) is 42.8 Å². The summed E-state index contributed by atoms with van der Waals surface area (Å²) in [6, 6.07) is 17.8. The van der Waals surface area contributed by atoms with Gasteiger partial charge in [-0.2, -0.15) is 0 Å². The molecule has 1 N–H and O–H groups in total. The molecule has 0 bridgehead atoms. The molecule has 0 spiro atoms. The van der Waals surface area contributed by atoms with Crippen LogP contribution in [0.4, 0.5) is 5.69 Å². The van der Waals surface area contributed by atoms with Gasteiger partial charge >= 0.3 is 0 Å². The Morgan fingerprint density at radius 1 is 1.04 bits per heavy atom. The van der Waals surface area contributed by atoms with E-state index in [0.29, 0.717) is 13.0 Å². The Morgan fingerprint density at radius 2 is 1.74 bits per heavy atom. The molecular formula is C19H24N2O2. The van der Waals surface area contributed by atoms with Gasteiger partial charge in [0.1, 0.15) is 5.75 Å². The van der Waals surface area contributed by atoms with E-state index in [0.717, 1.165) is 24.4 Å². The first kappa shape index (κ1) is 17.0. The maximum atomic E-state index is 12.1. The van der Waals surface area contributed by atoms with Crippen LogP contribution in [0.15, 0.2) is 54.6 Å². The number of para-hydroxylation sites is 1. The first-order valence-electron chi connectivity index (χ1n) is 7.86. The summed E-state index contributed by atoms with van der Waals surface area (Å²) in [5.74, 6) is 0.990. The Labute approximate surface area is 138 Å². The van der Waals surface area contributed by atoms with Crippen LogP contribution < -0.4 is 15.0 Å². The quantitative estimate of drug-likeness (QED) is 0.762. The number of hydrogen-bond donors (Lipinski definition) is 1. The third-order valence-electron chi connectivity index (χ3n) is 3.78. The normalized spacial score (nSPS) is 10.3. The largest absolute Gasteiger partial charge is 0.497 e. The Morgan fingerprint density at radius 3 is 2.39 bits per heavy atom. The molecule has 2 aromatic carbocycles. The number of benzene rings is 2. The monoisotopic (exact) mass is 312 g/mol. The summed E-state index contributed by atoms with van der Waals surface area (Å²) in [6.45, 7) is 1.54. The molecule has 23 heavy (non-hydrogen) atoms. The molecule has 0 aliphatic rings. The maximum Gasteiger partial charge on any atom is 0.227 e. The predicted octanol–water partition coefficient (Wildman–Crippen LogP) is 2.88. The van der Waals surface area contributed by atoms with Crippen molar-refractivity contribution in [2.45, 2.75) is 12.8 Å². The van der Waals surface area contributed by atoms with Gasteiger partial charge in [0.05, 0.1) is 7.11 Å². The first-order chi connectivity index (χ1) is 11.2. The van der Waals surface area contributed by atoms with Crippen LogP contribution >= 0.6 is 0 Å². The highest BCUT2D eigenvalue weighted by Gasteiger charge is 2.09. The van der Waals surface area contributed by atoms with Gasteiger partial charge in [0.15, 0.2) is 0 Å². The van der Waals surface area contributed by atoms with E-state index in [1.165, 1.54) is 5.56 Å². The van der Waals surface area contributed by atoms with Crippen molar-refractivity contribution in [2.75, 3.05) is 32.1 Å². The van der Waals surface area contributed by atoms with Crippen molar-refractivity contribution >= 4 is 11.6 Å². The summed E-state index contributed by atoms with van der Waals surface area (Å²) in [6.07, 6.45) is 1.43. The number of amides is 1. The van der Waals surface area contributed by atoms with Crippen LogP contribution in [0, 0.1) is 0 Å². The van der Waals surface area contributed by atoms with Gasteiger partial charge in [-0.1, -0.05) is 30.3 Å². The summed E-state index contributed by atoms with van der Waals surface area (Å²) in [5.41, 5.74) is 2.18. The molecule has 0 heterocycles. The predicted molar refractivity (Wildman–Crippen MR) is 94.0 cm³/mol. The van der Waals surface area contributed by atoms with E-state index in [9.17, 15) is 4.79 Å². The minimum Gasteiger partial charge on any atom is -0.497 e. The zero-order valence-corrected chi connectivity index (χ0v) is 13.8. The smallest absolute Gasteiger partial charge is 0.227 e. The third-order valence-corrected chi connectivity index (χ3v) is 3.78. The average Bonchev–Trinajstić information content (AvgIpc) is 2.62. The number of nitrogens with zero attached hydrogens (tertiary/aromatic N) is 1. The lowest BCUT2D eigenvalue weighted by Gasteiger charge is -2.17. The minimum absolute atomic E-state index is 0.119. The lowest BCUT2D eigenvalue weighted by molar-refractivity contribution is -0.118. The van der Waals surface area contributed by atoms with Crippen molar-refractivity contribution in [3.63, 3.8) is 0 Å². The highest BCUT2D eigenvalue weighted by atomic mass is 16.5. The number of hydrogen-bond acceptors (Lipinski definition) is 3. The van der Waals surface area contributed by atoms with Crippen LogP contribution in [0.25, 0.3) is 0 Å². The lowest BCUT2D eigenvalue weighted by atomic mass is 10.1. The van der Waals surface area contributed by atoms with Crippen LogP contribution in [0.2, 0.25) is 0 Å². The molecule has 0 radical (unpaired) electrons. The number of methoxy groups -OCH3 is 1. The number of nitrogens with one attached hydrogen (secondary N) is 1. The zero-order chi connectivity index (χ0) is 16.5. The lowest BCUT2D eigenvalue weighted by Crippen LogP contribution is -2.30. The summed E-state index contributed by atoms with van der Waals surface area (Å²) in [4.78, 5) is 13.8. The van der Waals surface area contributed by atoms with E-state index in [1.807, 2.05) is 49.5 Å². The van der Waals surface area contributed by atoms with Gasteiger partial charge in [0.2, 0.25) is 5.91 Å². The molecule has 0 atom stereocenters. The number of carbonyl (C=O) groups excluding carboxylic acids is 1. The second-order valence-corrected chi connectivity index (χ2v) is 5.39. The van der Waals surface area contributed by atoms with Crippen molar-refractivity contribution in [1.82, 2.24) is 5.32 Å². The summed E-state index contributed by atoms with van der Waals surface area (Å²) in [7, 11) is 3.48. The van der Waals surface area contributed by atoms with E-state index in [2.05, 4.69) is 17.4 Å². The summed E-state index contributed by atoms with van der Waals surface area (Å²) in [5, 5.41) is 3.32. The van der Waals surface area contributed by atoms with Gasteiger partial charge in [-0.3, -0.25) is 4.79 Å². The highest BCUT2D eigenvalue weighted by Crippen LogP contribution is 2.12. The number of anilines is 1. The molecule has 0 aromatic heterocycles. The zero-order valence-electron chi connectivity index (χ0n) is 13.8. The molecule has 4 nitrogen and oxygen atoms in total. The molecule has 0 aliphatic heterocycles. The van der Waals surface area contributed by atoms with E-state index in [1.54, 1.807) is 12.0 Å². The number of ether oxygens (including phenoxy) is 1. The van der Waals surface area contributed by atoms with Gasteiger partial charge in [-0.15, -0.1) is 0 Å². The molecule has 0 fully saturated rings. The van der Waals surface area contributed by atoms with Crippen molar-refractivity contribution in [3.8, 4) is 5.75 Å². The Balaban J connectivity index is 1.65. The van der Waals surface area contributed by atoms with Gasteiger partial charge in [0, 0.05) is 25.7 Å². The molecular weight excluding hydrogens is 288 g/mol. The SMILES string of the molecule is COc1ccc(CCNCCC(=O)N(C)c2ccccc2)cc1. The van der Waals surface area contributed by atoms with E-state index in [-0.39, 0.29) is 5.91 Å². The molecule has 0 unspecified atom stereocenters. The fourth-order valence-electron chi connectivity index (χ4n) is 2.31. The fraction of sp³-hybridized carbons (Fsp3) is 0.316. The highest BCUT2D eigenvalue weighted by molar-refractivity contribution is 5.92. The number of carbonyl (C=O) groups is 1. The molecule has 2 aromatic rings. The van der Waals surface area contributed by atoms with E-state index < -0.39 is 0 Å². The first-order valence-corrected chi connectivity index (χ1v) is 7.86. The Bertz CT molecular complexity index is 597. The average molecular weight is 312 g/mol.